The Morgan fingerprint density at radius 3 is 2.33 bits per heavy atom. The zero-order chi connectivity index (χ0) is 17.7. The van der Waals surface area contributed by atoms with Crippen LogP contribution in [-0.2, 0) is 23.7 Å². The maximum Gasteiger partial charge on any atom is 0.338 e. The first kappa shape index (κ1) is 18.2. The number of carbonyl (C=O) groups is 2. The summed E-state index contributed by atoms with van der Waals surface area (Å²) in [5, 5.41) is 0. The third-order valence-electron chi connectivity index (χ3n) is 3.77. The fourth-order valence-corrected chi connectivity index (χ4v) is 2.56. The van der Waals surface area contributed by atoms with E-state index in [-0.39, 0.29) is 6.42 Å². The van der Waals surface area contributed by atoms with Gasteiger partial charge in [-0.15, -0.1) is 0 Å². The molecule has 1 saturated heterocycles. The minimum absolute atomic E-state index is 0.278. The van der Waals surface area contributed by atoms with Crippen LogP contribution >= 0.6 is 0 Å². The molecule has 1 fully saturated rings. The Kier molecular flexibility index (Phi) is 6.16. The van der Waals surface area contributed by atoms with Crippen LogP contribution in [0.25, 0.3) is 0 Å². The first-order chi connectivity index (χ1) is 11.4. The van der Waals surface area contributed by atoms with E-state index in [1.165, 1.54) is 14.0 Å². The normalized spacial score (nSPS) is 26.5. The van der Waals surface area contributed by atoms with Gasteiger partial charge in [-0.25, -0.2) is 4.79 Å². The molecule has 0 spiro atoms. The topological polar surface area (TPSA) is 80.3 Å². The van der Waals surface area contributed by atoms with Gasteiger partial charge >= 0.3 is 11.9 Å². The Hall–Kier alpha value is -2.12. The van der Waals surface area contributed by atoms with Crippen molar-refractivity contribution in [1.29, 1.82) is 0 Å². The fourth-order valence-electron chi connectivity index (χ4n) is 2.56. The van der Waals surface area contributed by atoms with Crippen molar-refractivity contribution in [3.63, 3.8) is 0 Å². The summed E-state index contributed by atoms with van der Waals surface area (Å²) in [7, 11) is 3.05. The van der Waals surface area contributed by atoms with Crippen LogP contribution < -0.4 is 4.74 Å². The Morgan fingerprint density at radius 1 is 1.12 bits per heavy atom. The Morgan fingerprint density at radius 2 is 1.79 bits per heavy atom. The van der Waals surface area contributed by atoms with Gasteiger partial charge in [0.2, 0.25) is 0 Å². The van der Waals surface area contributed by atoms with Gasteiger partial charge in [-0.05, 0) is 31.2 Å². The minimum atomic E-state index is -0.684. The molecular formula is C17H22O7. The molecule has 1 aromatic rings. The second-order valence-electron chi connectivity index (χ2n) is 5.49. The molecular weight excluding hydrogens is 316 g/mol. The highest BCUT2D eigenvalue weighted by atomic mass is 16.7. The van der Waals surface area contributed by atoms with E-state index in [0.717, 1.165) is 0 Å². The molecule has 0 saturated carbocycles. The van der Waals surface area contributed by atoms with Crippen LogP contribution in [0.2, 0.25) is 0 Å². The lowest BCUT2D eigenvalue weighted by atomic mass is 10.0. The SMILES string of the molecule is COc1ccc(C(=O)O[C@H]2C[C@@H](OC)O[C@H](C)[C@H]2OC(C)=O)cc1. The molecule has 1 aromatic carbocycles. The molecule has 0 aliphatic carbocycles. The van der Waals surface area contributed by atoms with Crippen LogP contribution in [0.5, 0.6) is 5.75 Å². The number of carbonyl (C=O) groups excluding carboxylic acids is 2. The van der Waals surface area contributed by atoms with Crippen molar-refractivity contribution in [2.45, 2.75) is 44.9 Å². The first-order valence-corrected chi connectivity index (χ1v) is 7.65. The summed E-state index contributed by atoms with van der Waals surface area (Å²) in [4.78, 5) is 23.7. The average molecular weight is 338 g/mol. The van der Waals surface area contributed by atoms with Crippen LogP contribution in [0.4, 0.5) is 0 Å². The van der Waals surface area contributed by atoms with Gasteiger partial charge in [0.05, 0.1) is 18.8 Å². The third kappa shape index (κ3) is 4.46. The highest BCUT2D eigenvalue weighted by Gasteiger charge is 2.41. The summed E-state index contributed by atoms with van der Waals surface area (Å²) in [6, 6.07) is 6.56. The highest BCUT2D eigenvalue weighted by Crippen LogP contribution is 2.26. The molecule has 0 aromatic heterocycles. The summed E-state index contributed by atoms with van der Waals surface area (Å²) in [5.41, 5.74) is 0.380. The van der Waals surface area contributed by atoms with Crippen molar-refractivity contribution in [2.24, 2.45) is 0 Å². The van der Waals surface area contributed by atoms with Gasteiger partial charge in [-0.1, -0.05) is 0 Å². The van der Waals surface area contributed by atoms with Gasteiger partial charge in [-0.3, -0.25) is 4.79 Å². The van der Waals surface area contributed by atoms with Crippen LogP contribution in [0.3, 0.4) is 0 Å². The van der Waals surface area contributed by atoms with Gasteiger partial charge in [0.1, 0.15) is 11.9 Å². The van der Waals surface area contributed by atoms with Crippen LogP contribution in [0.1, 0.15) is 30.6 Å². The molecule has 1 aliphatic heterocycles. The van der Waals surface area contributed by atoms with Crippen molar-refractivity contribution in [1.82, 2.24) is 0 Å². The predicted octanol–water partition coefficient (Wildman–Crippen LogP) is 1.93. The second-order valence-corrected chi connectivity index (χ2v) is 5.49. The molecule has 132 valence electrons. The van der Waals surface area contributed by atoms with E-state index in [2.05, 4.69) is 0 Å². The van der Waals surface area contributed by atoms with E-state index < -0.39 is 36.5 Å². The zero-order valence-corrected chi connectivity index (χ0v) is 14.2. The standard InChI is InChI=1S/C17H22O7/c1-10-16(23-11(2)18)14(9-15(21-4)22-10)24-17(19)12-5-7-13(20-3)8-6-12/h5-8,10,14-16H,9H2,1-4H3/t10-,14+,15+,16-/m1/s1. The molecule has 0 amide bonds. The van der Waals surface area contributed by atoms with Gasteiger partial charge in [0.25, 0.3) is 0 Å². The number of ether oxygens (including phenoxy) is 5. The number of hydrogen-bond acceptors (Lipinski definition) is 7. The summed E-state index contributed by atoms with van der Waals surface area (Å²) in [5.74, 6) is -0.330. The van der Waals surface area contributed by atoms with E-state index in [0.29, 0.717) is 11.3 Å². The van der Waals surface area contributed by atoms with E-state index in [1.807, 2.05) is 0 Å². The van der Waals surface area contributed by atoms with E-state index >= 15 is 0 Å². The maximum atomic E-state index is 12.4. The number of esters is 2. The Labute approximate surface area is 140 Å². The van der Waals surface area contributed by atoms with Crippen LogP contribution in [0, 0.1) is 0 Å². The largest absolute Gasteiger partial charge is 0.497 e. The van der Waals surface area contributed by atoms with E-state index in [9.17, 15) is 9.59 Å². The lowest BCUT2D eigenvalue weighted by molar-refractivity contribution is -0.243. The number of benzene rings is 1. The molecule has 7 heteroatoms. The van der Waals surface area contributed by atoms with Crippen molar-refractivity contribution < 1.29 is 33.3 Å². The van der Waals surface area contributed by atoms with Gasteiger partial charge in [-0.2, -0.15) is 0 Å². The third-order valence-corrected chi connectivity index (χ3v) is 3.77. The van der Waals surface area contributed by atoms with Gasteiger partial charge in [0, 0.05) is 20.5 Å². The number of rotatable bonds is 5. The smallest absolute Gasteiger partial charge is 0.338 e. The molecule has 24 heavy (non-hydrogen) atoms. The zero-order valence-electron chi connectivity index (χ0n) is 14.2. The monoisotopic (exact) mass is 338 g/mol. The highest BCUT2D eigenvalue weighted by molar-refractivity contribution is 5.89. The molecule has 0 radical (unpaired) electrons. The molecule has 1 aliphatic rings. The first-order valence-electron chi connectivity index (χ1n) is 7.65. The molecule has 0 unspecified atom stereocenters. The fraction of sp³-hybridized carbons (Fsp3) is 0.529. The number of hydrogen-bond donors (Lipinski definition) is 0. The molecule has 7 nitrogen and oxygen atoms in total. The summed E-state index contributed by atoms with van der Waals surface area (Å²) in [6.07, 6.45) is -2.05. The summed E-state index contributed by atoms with van der Waals surface area (Å²) < 4.78 is 26.7. The lowest BCUT2D eigenvalue weighted by Gasteiger charge is -2.38. The van der Waals surface area contributed by atoms with Crippen molar-refractivity contribution in [3.8, 4) is 5.75 Å². The van der Waals surface area contributed by atoms with E-state index in [4.69, 9.17) is 23.7 Å². The quantitative estimate of drug-likeness (QED) is 0.759. The van der Waals surface area contributed by atoms with Crippen LogP contribution in [-0.4, -0.2) is 50.8 Å². The predicted molar refractivity (Wildman–Crippen MR) is 83.7 cm³/mol. The van der Waals surface area contributed by atoms with Crippen LogP contribution in [0.15, 0.2) is 24.3 Å². The van der Waals surface area contributed by atoms with E-state index in [1.54, 1.807) is 38.3 Å². The summed E-state index contributed by atoms with van der Waals surface area (Å²) in [6.45, 7) is 3.05. The van der Waals surface area contributed by atoms with Gasteiger partial charge < -0.3 is 23.7 Å². The maximum absolute atomic E-state index is 12.4. The lowest BCUT2D eigenvalue weighted by Crippen LogP contribution is -2.51. The van der Waals surface area contributed by atoms with Gasteiger partial charge in [0.15, 0.2) is 12.4 Å². The Bertz CT molecular complexity index is 569. The number of methoxy groups -OCH3 is 2. The molecule has 2 rings (SSSR count). The average Bonchev–Trinajstić information content (AvgIpc) is 2.57. The minimum Gasteiger partial charge on any atom is -0.497 e. The molecule has 0 bridgehead atoms. The Balaban J connectivity index is 2.11. The van der Waals surface area contributed by atoms with Crippen molar-refractivity contribution >= 4 is 11.9 Å². The van der Waals surface area contributed by atoms with Crippen molar-refractivity contribution in [3.05, 3.63) is 29.8 Å². The molecule has 0 N–H and O–H groups in total. The molecule has 1 heterocycles. The van der Waals surface area contributed by atoms with Crippen molar-refractivity contribution in [2.75, 3.05) is 14.2 Å². The second kappa shape index (κ2) is 8.12. The molecule has 4 atom stereocenters. The summed E-state index contributed by atoms with van der Waals surface area (Å²) >= 11 is 0.